The average molecular weight is 496 g/mol. The Kier molecular flexibility index (Phi) is 8.92. The summed E-state index contributed by atoms with van der Waals surface area (Å²) in [7, 11) is 4.99. The van der Waals surface area contributed by atoms with Crippen molar-refractivity contribution < 1.29 is 14.2 Å². The van der Waals surface area contributed by atoms with E-state index in [-0.39, 0.29) is 0 Å². The maximum atomic E-state index is 5.93. The number of nitrogens with zero attached hydrogens (tertiary/aromatic N) is 3. The third-order valence-corrected chi connectivity index (χ3v) is 5.70. The Morgan fingerprint density at radius 3 is 1.06 bits per heavy atom. The van der Waals surface area contributed by atoms with Gasteiger partial charge in [-0.05, 0) is 0 Å². The highest BCUT2D eigenvalue weighted by atomic mass is 16.5. The number of hydrogen-bond donors (Lipinski definition) is 6. The van der Waals surface area contributed by atoms with E-state index in [0.717, 1.165) is 34.2 Å². The van der Waals surface area contributed by atoms with E-state index in [1.54, 1.807) is 58.5 Å². The molecule has 0 spiro atoms. The molecule has 0 aliphatic carbocycles. The van der Waals surface area contributed by atoms with Gasteiger partial charge in [-0.2, -0.15) is 0 Å². The van der Waals surface area contributed by atoms with Gasteiger partial charge in [-0.25, -0.2) is 15.0 Å². The topological polar surface area (TPSA) is 150 Å². The van der Waals surface area contributed by atoms with Gasteiger partial charge in [0.05, 0.1) is 57.7 Å². The SMILES string of the molecule is COc1c(CNCc2ncc[nH]2)c(OC)c(CNCc2ncc[nH]2)c(OC)c1CNCc1ncc[nH]1. The van der Waals surface area contributed by atoms with Gasteiger partial charge in [0.1, 0.15) is 34.7 Å². The molecule has 0 aliphatic heterocycles. The zero-order valence-electron chi connectivity index (χ0n) is 20.8. The van der Waals surface area contributed by atoms with Crippen molar-refractivity contribution in [1.29, 1.82) is 0 Å². The summed E-state index contributed by atoms with van der Waals surface area (Å²) < 4.78 is 17.8. The molecule has 6 N–H and O–H groups in total. The first-order chi connectivity index (χ1) is 17.7. The first kappa shape index (κ1) is 25.2. The summed E-state index contributed by atoms with van der Waals surface area (Å²) in [5.74, 6) is 4.67. The lowest BCUT2D eigenvalue weighted by Gasteiger charge is -2.24. The van der Waals surface area contributed by atoms with Crippen LogP contribution in [-0.2, 0) is 39.3 Å². The van der Waals surface area contributed by atoms with Gasteiger partial charge in [0.15, 0.2) is 0 Å². The van der Waals surface area contributed by atoms with Gasteiger partial charge in [-0.15, -0.1) is 0 Å². The van der Waals surface area contributed by atoms with Crippen LogP contribution in [0.4, 0.5) is 0 Å². The van der Waals surface area contributed by atoms with E-state index in [2.05, 4.69) is 45.9 Å². The zero-order valence-corrected chi connectivity index (χ0v) is 20.8. The van der Waals surface area contributed by atoms with Crippen molar-refractivity contribution in [3.63, 3.8) is 0 Å². The Morgan fingerprint density at radius 2 is 0.833 bits per heavy atom. The molecule has 0 saturated heterocycles. The summed E-state index contributed by atoms with van der Waals surface area (Å²) in [4.78, 5) is 22.2. The molecule has 4 aromatic rings. The molecule has 1 aromatic carbocycles. The molecular weight excluding hydrogens is 462 g/mol. The van der Waals surface area contributed by atoms with Crippen LogP contribution in [0.15, 0.2) is 37.2 Å². The highest BCUT2D eigenvalue weighted by molar-refractivity contribution is 5.63. The normalized spacial score (nSPS) is 11.1. The molecule has 12 nitrogen and oxygen atoms in total. The number of ether oxygens (including phenoxy) is 3. The fourth-order valence-electron chi connectivity index (χ4n) is 4.18. The quantitative estimate of drug-likeness (QED) is 0.145. The van der Waals surface area contributed by atoms with Crippen LogP contribution in [0.25, 0.3) is 0 Å². The Bertz CT molecular complexity index is 1010. The molecule has 0 radical (unpaired) electrons. The number of aromatic amines is 3. The third kappa shape index (κ3) is 6.03. The fourth-order valence-corrected chi connectivity index (χ4v) is 4.18. The Morgan fingerprint density at radius 1 is 0.528 bits per heavy atom. The maximum absolute atomic E-state index is 5.93. The van der Waals surface area contributed by atoms with E-state index in [4.69, 9.17) is 14.2 Å². The third-order valence-electron chi connectivity index (χ3n) is 5.70. The van der Waals surface area contributed by atoms with E-state index in [1.165, 1.54) is 0 Å². The molecule has 192 valence electrons. The minimum atomic E-state index is 0.507. The molecule has 0 aliphatic rings. The Balaban J connectivity index is 1.64. The van der Waals surface area contributed by atoms with Crippen molar-refractivity contribution in [1.82, 2.24) is 45.9 Å². The molecular formula is C24H33N9O3. The monoisotopic (exact) mass is 495 g/mol. The van der Waals surface area contributed by atoms with Crippen molar-refractivity contribution in [2.75, 3.05) is 21.3 Å². The van der Waals surface area contributed by atoms with Gasteiger partial charge in [0.2, 0.25) is 0 Å². The van der Waals surface area contributed by atoms with Crippen molar-refractivity contribution >= 4 is 0 Å². The van der Waals surface area contributed by atoms with Crippen molar-refractivity contribution in [3.05, 3.63) is 71.3 Å². The molecule has 3 heterocycles. The van der Waals surface area contributed by atoms with Crippen LogP contribution >= 0.6 is 0 Å². The number of hydrogen-bond acceptors (Lipinski definition) is 9. The molecule has 0 fully saturated rings. The van der Waals surface area contributed by atoms with Crippen LogP contribution in [0.2, 0.25) is 0 Å². The zero-order chi connectivity index (χ0) is 25.2. The second kappa shape index (κ2) is 12.7. The summed E-state index contributed by atoms with van der Waals surface area (Å²) in [5.41, 5.74) is 2.70. The van der Waals surface area contributed by atoms with E-state index in [9.17, 15) is 0 Å². The van der Waals surface area contributed by atoms with Gasteiger partial charge in [-0.1, -0.05) is 0 Å². The first-order valence-corrected chi connectivity index (χ1v) is 11.6. The van der Waals surface area contributed by atoms with E-state index in [0.29, 0.717) is 56.5 Å². The summed E-state index contributed by atoms with van der Waals surface area (Å²) in [6, 6.07) is 0. The summed E-state index contributed by atoms with van der Waals surface area (Å²) in [5, 5.41) is 10.3. The van der Waals surface area contributed by atoms with Crippen LogP contribution in [-0.4, -0.2) is 51.2 Å². The molecule has 12 heteroatoms. The summed E-state index contributed by atoms with van der Waals surface area (Å²) >= 11 is 0. The lowest BCUT2D eigenvalue weighted by molar-refractivity contribution is 0.350. The van der Waals surface area contributed by atoms with Gasteiger partial charge in [-0.3, -0.25) is 0 Å². The van der Waals surface area contributed by atoms with Crippen LogP contribution in [0.3, 0.4) is 0 Å². The number of methoxy groups -OCH3 is 3. The molecule has 0 bridgehead atoms. The number of imidazole rings is 3. The minimum Gasteiger partial charge on any atom is -0.496 e. The lowest BCUT2D eigenvalue weighted by Crippen LogP contribution is -2.21. The largest absolute Gasteiger partial charge is 0.496 e. The van der Waals surface area contributed by atoms with Gasteiger partial charge in [0, 0.05) is 56.8 Å². The van der Waals surface area contributed by atoms with Gasteiger partial charge >= 0.3 is 0 Å². The number of nitrogens with one attached hydrogen (secondary N) is 6. The van der Waals surface area contributed by atoms with E-state index >= 15 is 0 Å². The number of benzene rings is 1. The van der Waals surface area contributed by atoms with Gasteiger partial charge < -0.3 is 45.1 Å². The standard InChI is InChI=1S/C24H33N9O3/c1-34-22-16(10-25-13-19-28-4-5-29-19)23(35-2)18(12-27-15-21-32-8-9-33-21)24(36-3)17(22)11-26-14-20-30-6-7-31-20/h4-9,25-27H,10-15H2,1-3H3,(H,28,29)(H,30,31)(H,32,33). The van der Waals surface area contributed by atoms with Crippen LogP contribution < -0.4 is 30.2 Å². The fraction of sp³-hybridized carbons (Fsp3) is 0.375. The Hall–Kier alpha value is -3.87. The highest BCUT2D eigenvalue weighted by Crippen LogP contribution is 2.43. The first-order valence-electron chi connectivity index (χ1n) is 11.6. The van der Waals surface area contributed by atoms with Crippen LogP contribution in [0.1, 0.15) is 34.2 Å². The summed E-state index contributed by atoms with van der Waals surface area (Å²) in [6.07, 6.45) is 10.6. The number of rotatable bonds is 15. The highest BCUT2D eigenvalue weighted by Gasteiger charge is 2.26. The van der Waals surface area contributed by atoms with E-state index < -0.39 is 0 Å². The van der Waals surface area contributed by atoms with Crippen molar-refractivity contribution in [2.45, 2.75) is 39.3 Å². The molecule has 3 aromatic heterocycles. The summed E-state index contributed by atoms with van der Waals surface area (Å²) in [6.45, 7) is 3.24. The van der Waals surface area contributed by atoms with Gasteiger partial charge in [0.25, 0.3) is 0 Å². The minimum absolute atomic E-state index is 0.507. The second-order valence-electron chi connectivity index (χ2n) is 7.95. The smallest absolute Gasteiger partial charge is 0.135 e. The number of aromatic nitrogens is 6. The average Bonchev–Trinajstić information content (AvgIpc) is 3.68. The molecule has 0 unspecified atom stereocenters. The predicted molar refractivity (Wildman–Crippen MR) is 133 cm³/mol. The van der Waals surface area contributed by atoms with Crippen LogP contribution in [0, 0.1) is 0 Å². The molecule has 0 atom stereocenters. The maximum Gasteiger partial charge on any atom is 0.135 e. The molecule has 36 heavy (non-hydrogen) atoms. The van der Waals surface area contributed by atoms with E-state index in [1.807, 2.05) is 0 Å². The lowest BCUT2D eigenvalue weighted by atomic mass is 9.99. The number of H-pyrrole nitrogens is 3. The second-order valence-corrected chi connectivity index (χ2v) is 7.95. The predicted octanol–water partition coefficient (Wildman–Crippen LogP) is 1.75. The van der Waals surface area contributed by atoms with Crippen molar-refractivity contribution in [3.8, 4) is 17.2 Å². The van der Waals surface area contributed by atoms with Crippen molar-refractivity contribution in [2.24, 2.45) is 0 Å². The molecule has 0 amide bonds. The Labute approximate surface area is 209 Å². The molecule has 0 saturated carbocycles. The van der Waals surface area contributed by atoms with Crippen LogP contribution in [0.5, 0.6) is 17.2 Å². The molecule has 4 rings (SSSR count).